The Morgan fingerprint density at radius 3 is 1.43 bits per heavy atom. The number of hydrogen-bond acceptors (Lipinski definition) is 5. The summed E-state index contributed by atoms with van der Waals surface area (Å²) in [6, 6.07) is 21.8. The van der Waals surface area contributed by atoms with Crippen LogP contribution in [0.2, 0.25) is 0 Å². The third-order valence-corrected chi connectivity index (χ3v) is 10.1. The smallest absolute Gasteiger partial charge is 0.224 e. The number of pyridine rings is 2. The molecule has 2 aliphatic rings. The highest BCUT2D eigenvalue weighted by molar-refractivity contribution is 5.89. The Morgan fingerprint density at radius 2 is 0.939 bits per heavy atom. The van der Waals surface area contributed by atoms with Gasteiger partial charge in [0.2, 0.25) is 11.8 Å². The lowest BCUT2D eigenvalue weighted by molar-refractivity contribution is 0.431. The molecule has 4 N–H and O–H groups in total. The number of nitrogens with one attached hydrogen (secondary N) is 4. The van der Waals surface area contributed by atoms with Crippen molar-refractivity contribution in [2.75, 3.05) is 26.2 Å². The summed E-state index contributed by atoms with van der Waals surface area (Å²) in [6.45, 7) is 4.17. The summed E-state index contributed by atoms with van der Waals surface area (Å²) in [4.78, 5) is 16.8. The van der Waals surface area contributed by atoms with E-state index in [4.69, 9.17) is 4.74 Å². The summed E-state index contributed by atoms with van der Waals surface area (Å²) in [6.07, 6.45) is 13.8. The van der Waals surface area contributed by atoms with Crippen molar-refractivity contribution >= 4 is 46.6 Å². The molecular formula is C40H46Cl2N6O. The first-order chi connectivity index (χ1) is 23.3. The van der Waals surface area contributed by atoms with Gasteiger partial charge in [0.25, 0.3) is 0 Å². The maximum absolute atomic E-state index is 6.49. The Kier molecular flexibility index (Phi) is 11.6. The topological polar surface area (TPSA) is 90.7 Å². The number of aryl methyl sites for hydroxylation is 4. The van der Waals surface area contributed by atoms with Gasteiger partial charge in [-0.3, -0.25) is 0 Å². The van der Waals surface area contributed by atoms with Crippen LogP contribution in [-0.4, -0.2) is 46.1 Å². The van der Waals surface area contributed by atoms with Crippen molar-refractivity contribution in [3.8, 4) is 11.8 Å². The molecule has 2 aromatic carbocycles. The van der Waals surface area contributed by atoms with Gasteiger partial charge in [-0.1, -0.05) is 36.4 Å². The molecule has 0 saturated carbocycles. The second kappa shape index (κ2) is 16.2. The largest absolute Gasteiger partial charge is 0.420 e. The van der Waals surface area contributed by atoms with E-state index in [-0.39, 0.29) is 24.8 Å². The fourth-order valence-electron chi connectivity index (χ4n) is 7.84. The molecule has 7 nitrogen and oxygen atoms in total. The van der Waals surface area contributed by atoms with E-state index in [2.05, 4.69) is 79.1 Å². The quantitative estimate of drug-likeness (QED) is 0.117. The van der Waals surface area contributed by atoms with Crippen molar-refractivity contribution < 1.29 is 4.74 Å². The van der Waals surface area contributed by atoms with Crippen LogP contribution in [0.4, 0.5) is 0 Å². The lowest BCUT2D eigenvalue weighted by Gasteiger charge is -2.13. The molecule has 9 heteroatoms. The Hall–Kier alpha value is -3.88. The lowest BCUT2D eigenvalue weighted by Crippen LogP contribution is -2.16. The van der Waals surface area contributed by atoms with Gasteiger partial charge in [0, 0.05) is 82.6 Å². The van der Waals surface area contributed by atoms with Crippen molar-refractivity contribution in [1.82, 2.24) is 30.6 Å². The monoisotopic (exact) mass is 696 g/mol. The zero-order valence-electron chi connectivity index (χ0n) is 27.9. The molecule has 6 aromatic rings. The molecule has 256 valence electrons. The first-order valence-electron chi connectivity index (χ1n) is 17.5. The van der Waals surface area contributed by atoms with Crippen molar-refractivity contribution in [3.05, 3.63) is 118 Å². The van der Waals surface area contributed by atoms with Crippen LogP contribution in [0, 0.1) is 0 Å². The Balaban J connectivity index is 0.00000208. The number of halogens is 2. The third kappa shape index (κ3) is 7.51. The first-order valence-corrected chi connectivity index (χ1v) is 17.5. The van der Waals surface area contributed by atoms with Gasteiger partial charge in [0.15, 0.2) is 0 Å². The molecule has 0 unspecified atom stereocenters. The number of nitrogens with zero attached hydrogens (tertiary/aromatic N) is 2. The second-order valence-electron chi connectivity index (χ2n) is 13.1. The predicted molar refractivity (Wildman–Crippen MR) is 204 cm³/mol. The van der Waals surface area contributed by atoms with Crippen molar-refractivity contribution in [3.63, 3.8) is 0 Å². The van der Waals surface area contributed by atoms with Gasteiger partial charge in [0.1, 0.15) is 0 Å². The molecule has 0 spiro atoms. The molecule has 0 saturated heterocycles. The highest BCUT2D eigenvalue weighted by Gasteiger charge is 2.19. The fourth-order valence-corrected chi connectivity index (χ4v) is 7.84. The Labute approximate surface area is 300 Å². The van der Waals surface area contributed by atoms with Crippen molar-refractivity contribution in [2.24, 2.45) is 0 Å². The van der Waals surface area contributed by atoms with Crippen LogP contribution in [0.25, 0.3) is 21.8 Å². The number of ether oxygens (including phenoxy) is 1. The van der Waals surface area contributed by atoms with Gasteiger partial charge < -0.3 is 25.3 Å². The Morgan fingerprint density at radius 1 is 0.510 bits per heavy atom. The predicted octanol–water partition coefficient (Wildman–Crippen LogP) is 7.80. The molecule has 0 atom stereocenters. The van der Waals surface area contributed by atoms with Gasteiger partial charge in [-0.25, -0.2) is 9.97 Å². The molecule has 6 heterocycles. The van der Waals surface area contributed by atoms with Crippen LogP contribution in [0.3, 0.4) is 0 Å². The molecule has 2 aliphatic heterocycles. The average molecular weight is 698 g/mol. The van der Waals surface area contributed by atoms with Crippen LogP contribution in [0.15, 0.2) is 73.1 Å². The van der Waals surface area contributed by atoms with Crippen molar-refractivity contribution in [1.29, 1.82) is 0 Å². The molecule has 49 heavy (non-hydrogen) atoms. The van der Waals surface area contributed by atoms with E-state index in [0.717, 1.165) is 102 Å². The van der Waals surface area contributed by atoms with Crippen LogP contribution >= 0.6 is 24.8 Å². The van der Waals surface area contributed by atoms with Crippen LogP contribution < -0.4 is 15.4 Å². The summed E-state index contributed by atoms with van der Waals surface area (Å²) in [7, 11) is 0. The average Bonchev–Trinajstić information content (AvgIpc) is 3.42. The van der Waals surface area contributed by atoms with E-state index in [1.807, 2.05) is 24.5 Å². The van der Waals surface area contributed by atoms with Crippen LogP contribution in [0.5, 0.6) is 11.8 Å². The van der Waals surface area contributed by atoms with Gasteiger partial charge in [0.05, 0.1) is 0 Å². The van der Waals surface area contributed by atoms with Crippen LogP contribution in [-0.2, 0) is 51.4 Å². The number of H-pyrrole nitrogens is 2. The fraction of sp³-hybridized carbons (Fsp3) is 0.350. The van der Waals surface area contributed by atoms with Crippen molar-refractivity contribution in [2.45, 2.75) is 64.2 Å². The molecular weight excluding hydrogens is 651 g/mol. The molecule has 0 bridgehead atoms. The summed E-state index contributed by atoms with van der Waals surface area (Å²) in [5, 5.41) is 9.97. The lowest BCUT2D eigenvalue weighted by atomic mass is 9.97. The summed E-state index contributed by atoms with van der Waals surface area (Å²) in [5.74, 6) is 1.33. The standard InChI is InChI=1S/C40H44N6O.2ClH/c1(7-27-9-3-15-35-37(27)31-17-23-41-25-19-33(31)45-35)11-29-13-5-21-43-39(29)47-40-30(14-6-22-44-40)12-2-8-28-10-4-16-36-38(28)32-18-24-42-26-20-34(32)46-36;;/h3-6,9-10,13-16,21-22,41-42,45-46H,1-2,7-8,11-12,17-20,23-26H2;2*1H. The number of aromatic amines is 2. The summed E-state index contributed by atoms with van der Waals surface area (Å²) in [5.41, 5.74) is 13.5. The molecule has 0 fully saturated rings. The van der Waals surface area contributed by atoms with E-state index in [9.17, 15) is 0 Å². The minimum absolute atomic E-state index is 0. The highest BCUT2D eigenvalue weighted by atomic mass is 35.5. The number of aromatic nitrogens is 4. The van der Waals surface area contributed by atoms with Crippen LogP contribution in [0.1, 0.15) is 57.6 Å². The van der Waals surface area contributed by atoms with E-state index >= 15 is 0 Å². The third-order valence-electron chi connectivity index (χ3n) is 10.1. The zero-order chi connectivity index (χ0) is 31.4. The van der Waals surface area contributed by atoms with E-state index in [1.54, 1.807) is 0 Å². The SMILES string of the molecule is Cl.Cl.c1cnc(Oc2ncccc2CCCc2cccc3[nH]c4c(c23)CCNCC4)c(CCCc2cccc3[nH]c4c(c23)CCNCC4)c1. The molecule has 8 rings (SSSR count). The molecule has 4 aromatic heterocycles. The number of hydrogen-bond donors (Lipinski definition) is 4. The van der Waals surface area contributed by atoms with Gasteiger partial charge in [-0.2, -0.15) is 0 Å². The number of fused-ring (bicyclic) bond motifs is 6. The molecule has 0 amide bonds. The second-order valence-corrected chi connectivity index (χ2v) is 13.1. The molecule has 0 radical (unpaired) electrons. The van der Waals surface area contributed by atoms with E-state index < -0.39 is 0 Å². The first kappa shape index (κ1) is 35.0. The van der Waals surface area contributed by atoms with Gasteiger partial charge in [-0.15, -0.1) is 24.8 Å². The normalized spacial score (nSPS) is 14.3. The maximum Gasteiger partial charge on any atom is 0.224 e. The highest BCUT2D eigenvalue weighted by Crippen LogP contribution is 2.32. The zero-order valence-corrected chi connectivity index (χ0v) is 29.6. The summed E-state index contributed by atoms with van der Waals surface area (Å²) >= 11 is 0. The van der Waals surface area contributed by atoms with Gasteiger partial charge >= 0.3 is 0 Å². The molecule has 0 aliphatic carbocycles. The number of rotatable bonds is 10. The number of benzene rings is 2. The van der Waals surface area contributed by atoms with Gasteiger partial charge in [-0.05, 0) is 111 Å². The summed E-state index contributed by atoms with van der Waals surface area (Å²) < 4.78 is 6.49. The minimum Gasteiger partial charge on any atom is -0.420 e. The van der Waals surface area contributed by atoms with E-state index in [0.29, 0.717) is 11.8 Å². The Bertz CT molecular complexity index is 1870. The minimum atomic E-state index is 0. The van der Waals surface area contributed by atoms with E-state index in [1.165, 1.54) is 55.4 Å². The maximum atomic E-state index is 6.49.